The number of benzene rings is 2. The number of amides is 1. The largest absolute Gasteiger partial charge is 0.493 e. The van der Waals surface area contributed by atoms with Gasteiger partial charge in [0.25, 0.3) is 0 Å². The Hall–Kier alpha value is -2.54. The van der Waals surface area contributed by atoms with E-state index in [2.05, 4.69) is 18.6 Å². The van der Waals surface area contributed by atoms with Crippen molar-refractivity contribution in [2.45, 2.75) is 46.1 Å². The fraction of sp³-hybridized carbons (Fsp3) is 0.409. The van der Waals surface area contributed by atoms with Crippen LogP contribution in [0.5, 0.6) is 5.75 Å². The predicted molar refractivity (Wildman–Crippen MR) is 117 cm³/mol. The average molecular weight is 417 g/mol. The second kappa shape index (κ2) is 8.45. The first-order chi connectivity index (χ1) is 13.7. The van der Waals surface area contributed by atoms with Crippen molar-refractivity contribution in [2.75, 3.05) is 22.5 Å². The van der Waals surface area contributed by atoms with E-state index in [1.165, 1.54) is 0 Å². The molecule has 1 amide bonds. The molecule has 29 heavy (non-hydrogen) atoms. The SMILES string of the molecule is CCCOc1c(-c2ccc(NS(C)(=O)=O)cc2)ccc2c1CCC(C)N2C(C)=O. The Kier molecular flexibility index (Phi) is 6.17. The average Bonchev–Trinajstić information content (AvgIpc) is 2.65. The zero-order chi connectivity index (χ0) is 21.2. The number of nitrogens with one attached hydrogen (secondary N) is 1. The number of hydrogen-bond acceptors (Lipinski definition) is 4. The molecule has 1 unspecified atom stereocenters. The molecule has 0 fully saturated rings. The van der Waals surface area contributed by atoms with Crippen molar-refractivity contribution in [1.82, 2.24) is 0 Å². The van der Waals surface area contributed by atoms with Crippen molar-refractivity contribution in [3.8, 4) is 16.9 Å². The van der Waals surface area contributed by atoms with Gasteiger partial charge in [-0.25, -0.2) is 8.42 Å². The Morgan fingerprint density at radius 3 is 2.48 bits per heavy atom. The van der Waals surface area contributed by atoms with Gasteiger partial charge in [-0.1, -0.05) is 19.1 Å². The lowest BCUT2D eigenvalue weighted by atomic mass is 9.91. The van der Waals surface area contributed by atoms with Crippen molar-refractivity contribution in [2.24, 2.45) is 0 Å². The number of nitrogens with zero attached hydrogens (tertiary/aromatic N) is 1. The molecule has 1 N–H and O–H groups in total. The van der Waals surface area contributed by atoms with Crippen molar-refractivity contribution >= 4 is 27.3 Å². The van der Waals surface area contributed by atoms with Gasteiger partial charge in [0.05, 0.1) is 18.6 Å². The molecule has 0 spiro atoms. The van der Waals surface area contributed by atoms with E-state index in [0.717, 1.165) is 53.6 Å². The molecule has 3 rings (SSSR count). The lowest BCUT2D eigenvalue weighted by Crippen LogP contribution is -2.40. The Morgan fingerprint density at radius 2 is 1.90 bits per heavy atom. The fourth-order valence-electron chi connectivity index (χ4n) is 3.81. The van der Waals surface area contributed by atoms with Crippen LogP contribution in [0.4, 0.5) is 11.4 Å². The van der Waals surface area contributed by atoms with E-state index in [9.17, 15) is 13.2 Å². The van der Waals surface area contributed by atoms with Gasteiger partial charge in [-0.05, 0) is 56.0 Å². The van der Waals surface area contributed by atoms with Crippen molar-refractivity contribution in [1.29, 1.82) is 0 Å². The second-order valence-corrected chi connectivity index (χ2v) is 9.27. The smallest absolute Gasteiger partial charge is 0.229 e. The quantitative estimate of drug-likeness (QED) is 0.766. The van der Waals surface area contributed by atoms with E-state index in [0.29, 0.717) is 12.3 Å². The van der Waals surface area contributed by atoms with Crippen LogP contribution in [0, 0.1) is 0 Å². The van der Waals surface area contributed by atoms with Gasteiger partial charge in [-0.2, -0.15) is 0 Å². The highest BCUT2D eigenvalue weighted by atomic mass is 32.2. The molecule has 0 saturated carbocycles. The zero-order valence-electron chi connectivity index (χ0n) is 17.4. The number of ether oxygens (including phenoxy) is 1. The highest BCUT2D eigenvalue weighted by Gasteiger charge is 2.29. The molecule has 0 saturated heterocycles. The van der Waals surface area contributed by atoms with Gasteiger partial charge in [0.15, 0.2) is 0 Å². The van der Waals surface area contributed by atoms with Crippen LogP contribution in [-0.2, 0) is 21.2 Å². The second-order valence-electron chi connectivity index (χ2n) is 7.52. The molecule has 7 heteroatoms. The van der Waals surface area contributed by atoms with Gasteiger partial charge in [0, 0.05) is 29.8 Å². The Morgan fingerprint density at radius 1 is 1.21 bits per heavy atom. The number of anilines is 2. The first-order valence-corrected chi connectivity index (χ1v) is 11.8. The summed E-state index contributed by atoms with van der Waals surface area (Å²) in [4.78, 5) is 14.1. The van der Waals surface area contributed by atoms with Gasteiger partial charge in [0.1, 0.15) is 5.75 Å². The molecule has 1 heterocycles. The molecule has 1 aliphatic heterocycles. The van der Waals surface area contributed by atoms with E-state index in [1.54, 1.807) is 19.1 Å². The summed E-state index contributed by atoms with van der Waals surface area (Å²) in [6.07, 6.45) is 3.74. The van der Waals surface area contributed by atoms with E-state index in [1.807, 2.05) is 29.2 Å². The van der Waals surface area contributed by atoms with Gasteiger partial charge in [-0.3, -0.25) is 9.52 Å². The third kappa shape index (κ3) is 4.72. The van der Waals surface area contributed by atoms with Gasteiger partial charge < -0.3 is 9.64 Å². The standard InChI is InChI=1S/C22H28N2O4S/c1-5-14-28-22-19(17-7-9-18(10-8-17)23-29(4,26)27)12-13-21-20(22)11-6-15(2)24(21)16(3)25/h7-10,12-13,15,23H,5-6,11,14H2,1-4H3. The number of carbonyl (C=O) groups excluding carboxylic acids is 1. The first kappa shape index (κ1) is 21.2. The van der Waals surface area contributed by atoms with Crippen LogP contribution in [0.15, 0.2) is 36.4 Å². The molecule has 0 aromatic heterocycles. The maximum Gasteiger partial charge on any atom is 0.229 e. The molecule has 0 aliphatic carbocycles. The van der Waals surface area contributed by atoms with Gasteiger partial charge in [0.2, 0.25) is 15.9 Å². The minimum atomic E-state index is -3.32. The molecule has 1 aliphatic rings. The molecule has 6 nitrogen and oxygen atoms in total. The lowest BCUT2D eigenvalue weighted by Gasteiger charge is -2.36. The summed E-state index contributed by atoms with van der Waals surface area (Å²) in [6, 6.07) is 11.4. The molecular weight excluding hydrogens is 388 g/mol. The van der Waals surface area contributed by atoms with E-state index >= 15 is 0 Å². The summed E-state index contributed by atoms with van der Waals surface area (Å²) in [6.45, 7) is 6.31. The summed E-state index contributed by atoms with van der Waals surface area (Å²) in [5, 5.41) is 0. The number of carbonyl (C=O) groups is 1. The van der Waals surface area contributed by atoms with Crippen molar-refractivity contribution in [3.63, 3.8) is 0 Å². The van der Waals surface area contributed by atoms with Crippen LogP contribution < -0.4 is 14.4 Å². The fourth-order valence-corrected chi connectivity index (χ4v) is 4.38. The molecule has 2 aromatic rings. The minimum Gasteiger partial charge on any atom is -0.493 e. The minimum absolute atomic E-state index is 0.0313. The summed E-state index contributed by atoms with van der Waals surface area (Å²) in [5.41, 5.74) is 4.37. The summed E-state index contributed by atoms with van der Waals surface area (Å²) in [7, 11) is -3.32. The highest BCUT2D eigenvalue weighted by molar-refractivity contribution is 7.92. The van der Waals surface area contributed by atoms with E-state index < -0.39 is 10.0 Å². The number of hydrogen-bond donors (Lipinski definition) is 1. The Bertz CT molecular complexity index is 1000. The molecule has 1 atom stereocenters. The number of sulfonamides is 1. The summed E-state index contributed by atoms with van der Waals surface area (Å²) in [5.74, 6) is 0.843. The van der Waals surface area contributed by atoms with Crippen molar-refractivity contribution < 1.29 is 17.9 Å². The number of fused-ring (bicyclic) bond motifs is 1. The van der Waals surface area contributed by atoms with Crippen LogP contribution in [0.2, 0.25) is 0 Å². The van der Waals surface area contributed by atoms with Crippen LogP contribution in [-0.4, -0.2) is 33.2 Å². The van der Waals surface area contributed by atoms with Crippen LogP contribution in [0.1, 0.15) is 39.2 Å². The Labute approximate surface area is 172 Å². The first-order valence-electron chi connectivity index (χ1n) is 9.88. The third-order valence-electron chi connectivity index (χ3n) is 5.04. The zero-order valence-corrected chi connectivity index (χ0v) is 18.2. The summed E-state index contributed by atoms with van der Waals surface area (Å²) < 4.78 is 31.5. The third-order valence-corrected chi connectivity index (χ3v) is 5.64. The lowest BCUT2D eigenvalue weighted by molar-refractivity contribution is -0.117. The normalized spacial score (nSPS) is 16.3. The molecule has 2 aromatic carbocycles. The molecule has 0 bridgehead atoms. The maximum atomic E-state index is 12.2. The van der Waals surface area contributed by atoms with Crippen LogP contribution in [0.25, 0.3) is 11.1 Å². The van der Waals surface area contributed by atoms with Gasteiger partial charge in [-0.15, -0.1) is 0 Å². The summed E-state index contributed by atoms with van der Waals surface area (Å²) >= 11 is 0. The topological polar surface area (TPSA) is 75.7 Å². The van der Waals surface area contributed by atoms with Gasteiger partial charge >= 0.3 is 0 Å². The molecular formula is C22H28N2O4S. The molecule has 156 valence electrons. The predicted octanol–water partition coefficient (Wildman–Crippen LogP) is 4.20. The monoisotopic (exact) mass is 416 g/mol. The van der Waals surface area contributed by atoms with Crippen LogP contribution >= 0.6 is 0 Å². The molecule has 0 radical (unpaired) electrons. The van der Waals surface area contributed by atoms with Crippen molar-refractivity contribution in [3.05, 3.63) is 42.0 Å². The number of rotatable bonds is 6. The van der Waals surface area contributed by atoms with E-state index in [-0.39, 0.29) is 11.9 Å². The van der Waals surface area contributed by atoms with E-state index in [4.69, 9.17) is 4.74 Å². The van der Waals surface area contributed by atoms with Crippen LogP contribution in [0.3, 0.4) is 0 Å². The highest BCUT2D eigenvalue weighted by Crippen LogP contribution is 2.43. The maximum absolute atomic E-state index is 12.2. The Balaban J connectivity index is 2.06.